The minimum absolute atomic E-state index is 0.174. The lowest BCUT2D eigenvalue weighted by Gasteiger charge is -2.30. The quantitative estimate of drug-likeness (QED) is 0.664. The highest BCUT2D eigenvalue weighted by atomic mass is 19.1. The number of amides is 1. The van der Waals surface area contributed by atoms with Gasteiger partial charge in [-0.15, -0.1) is 0 Å². The van der Waals surface area contributed by atoms with Crippen LogP contribution in [0.5, 0.6) is 5.75 Å². The maximum absolute atomic E-state index is 13.2. The molecule has 1 aliphatic rings. The number of carbonyl (C=O) groups excluding carboxylic acids is 2. The van der Waals surface area contributed by atoms with Crippen molar-refractivity contribution in [2.75, 3.05) is 26.3 Å². The highest BCUT2D eigenvalue weighted by Gasteiger charge is 2.31. The first-order valence-corrected chi connectivity index (χ1v) is 9.97. The van der Waals surface area contributed by atoms with E-state index in [0.29, 0.717) is 50.6 Å². The van der Waals surface area contributed by atoms with Gasteiger partial charge in [-0.25, -0.2) is 9.07 Å². The molecule has 0 bridgehead atoms. The largest absolute Gasteiger partial charge is 0.489 e. The van der Waals surface area contributed by atoms with E-state index in [1.165, 1.54) is 16.8 Å². The van der Waals surface area contributed by atoms with Crippen LogP contribution in [0, 0.1) is 11.7 Å². The number of piperidine rings is 1. The first-order chi connectivity index (χ1) is 14.0. The minimum atomic E-state index is -0.343. The van der Waals surface area contributed by atoms with E-state index in [4.69, 9.17) is 9.47 Å². The molecule has 0 spiro atoms. The van der Waals surface area contributed by atoms with Crippen LogP contribution in [0.4, 0.5) is 4.39 Å². The third-order valence-corrected chi connectivity index (χ3v) is 4.84. The maximum atomic E-state index is 13.2. The number of nitrogens with zero attached hydrogens (tertiary/aromatic N) is 3. The molecule has 7 nitrogen and oxygen atoms in total. The molecule has 1 aliphatic heterocycles. The summed E-state index contributed by atoms with van der Waals surface area (Å²) in [5.41, 5.74) is 0.852. The fraction of sp³-hybridized carbons (Fsp3) is 0.476. The van der Waals surface area contributed by atoms with E-state index < -0.39 is 0 Å². The Labute approximate surface area is 169 Å². The lowest BCUT2D eigenvalue weighted by molar-refractivity contribution is -0.149. The summed E-state index contributed by atoms with van der Waals surface area (Å²) in [5.74, 6) is -0.559. The van der Waals surface area contributed by atoms with Gasteiger partial charge in [0.2, 0.25) is 0 Å². The number of hydrogen-bond acceptors (Lipinski definition) is 5. The smallest absolute Gasteiger partial charge is 0.309 e. The molecule has 2 aromatic rings. The molecule has 3 rings (SSSR count). The number of aromatic nitrogens is 2. The van der Waals surface area contributed by atoms with Crippen molar-refractivity contribution >= 4 is 11.9 Å². The zero-order valence-electron chi connectivity index (χ0n) is 16.8. The van der Waals surface area contributed by atoms with Gasteiger partial charge in [0.15, 0.2) is 11.4 Å². The SMILES string of the molecule is CCCOc1cn(-c2ccc(F)cc2)nc1C(=O)N1CCC(C(=O)OCC)CC1. The molecule has 1 saturated heterocycles. The van der Waals surface area contributed by atoms with Crippen LogP contribution in [-0.2, 0) is 9.53 Å². The summed E-state index contributed by atoms with van der Waals surface area (Å²) < 4.78 is 25.5. The van der Waals surface area contributed by atoms with Gasteiger partial charge in [-0.1, -0.05) is 6.92 Å². The van der Waals surface area contributed by atoms with Gasteiger partial charge in [0.05, 0.1) is 31.0 Å². The van der Waals surface area contributed by atoms with Gasteiger partial charge in [0, 0.05) is 13.1 Å². The molecule has 1 aromatic heterocycles. The summed E-state index contributed by atoms with van der Waals surface area (Å²) in [4.78, 5) is 26.7. The van der Waals surface area contributed by atoms with Gasteiger partial charge in [-0.3, -0.25) is 9.59 Å². The van der Waals surface area contributed by atoms with Crippen LogP contribution in [0.25, 0.3) is 5.69 Å². The fourth-order valence-corrected chi connectivity index (χ4v) is 3.28. The summed E-state index contributed by atoms with van der Waals surface area (Å²) >= 11 is 0. The number of carbonyl (C=O) groups is 2. The normalized spacial score (nSPS) is 14.7. The summed E-state index contributed by atoms with van der Waals surface area (Å²) in [6.07, 6.45) is 3.56. The molecule has 0 radical (unpaired) electrons. The fourth-order valence-electron chi connectivity index (χ4n) is 3.28. The van der Waals surface area contributed by atoms with Gasteiger partial charge < -0.3 is 14.4 Å². The van der Waals surface area contributed by atoms with Gasteiger partial charge in [-0.2, -0.15) is 5.10 Å². The Balaban J connectivity index is 1.76. The first kappa shape index (κ1) is 20.8. The third-order valence-electron chi connectivity index (χ3n) is 4.84. The molecule has 0 unspecified atom stereocenters. The number of halogens is 1. The maximum Gasteiger partial charge on any atom is 0.309 e. The standard InChI is InChI=1S/C21H26FN3O4/c1-3-13-29-18-14-25(17-7-5-16(22)6-8-17)23-19(18)20(26)24-11-9-15(10-12-24)21(27)28-4-2/h5-8,14-15H,3-4,9-13H2,1-2H3. The van der Waals surface area contributed by atoms with Crippen molar-refractivity contribution < 1.29 is 23.5 Å². The van der Waals surface area contributed by atoms with Crippen molar-refractivity contribution in [1.82, 2.24) is 14.7 Å². The average Bonchev–Trinajstić information content (AvgIpc) is 3.16. The van der Waals surface area contributed by atoms with Crippen molar-refractivity contribution in [2.45, 2.75) is 33.1 Å². The van der Waals surface area contributed by atoms with Crippen LogP contribution < -0.4 is 4.74 Å². The molecule has 29 heavy (non-hydrogen) atoms. The number of ether oxygens (including phenoxy) is 2. The van der Waals surface area contributed by atoms with E-state index in [9.17, 15) is 14.0 Å². The predicted octanol–water partition coefficient (Wildman–Crippen LogP) is 3.22. The Morgan fingerprint density at radius 2 is 1.86 bits per heavy atom. The minimum Gasteiger partial charge on any atom is -0.489 e. The molecule has 0 aliphatic carbocycles. The zero-order valence-corrected chi connectivity index (χ0v) is 16.8. The molecule has 1 aromatic carbocycles. The number of benzene rings is 1. The Bertz CT molecular complexity index is 842. The molecular weight excluding hydrogens is 377 g/mol. The van der Waals surface area contributed by atoms with Gasteiger partial charge >= 0.3 is 5.97 Å². The van der Waals surface area contributed by atoms with Gasteiger partial charge in [0.25, 0.3) is 5.91 Å². The molecule has 0 N–H and O–H groups in total. The molecule has 1 fully saturated rings. The Hall–Kier alpha value is -2.90. The van der Waals surface area contributed by atoms with E-state index in [1.54, 1.807) is 30.2 Å². The summed E-state index contributed by atoms with van der Waals surface area (Å²) in [6, 6.07) is 5.85. The average molecular weight is 403 g/mol. The third kappa shape index (κ3) is 4.93. The first-order valence-electron chi connectivity index (χ1n) is 9.97. The predicted molar refractivity (Wildman–Crippen MR) is 105 cm³/mol. The Kier molecular flexibility index (Phi) is 6.85. The van der Waals surface area contributed by atoms with E-state index in [-0.39, 0.29) is 29.3 Å². The number of esters is 1. The summed E-state index contributed by atoms with van der Waals surface area (Å²) in [5, 5.41) is 4.41. The van der Waals surface area contributed by atoms with Crippen LogP contribution in [-0.4, -0.2) is 52.9 Å². The summed E-state index contributed by atoms with van der Waals surface area (Å²) in [7, 11) is 0. The Morgan fingerprint density at radius 3 is 2.48 bits per heavy atom. The van der Waals surface area contributed by atoms with Crippen molar-refractivity contribution in [3.05, 3.63) is 42.0 Å². The number of hydrogen-bond donors (Lipinski definition) is 0. The van der Waals surface area contributed by atoms with E-state index in [0.717, 1.165) is 6.42 Å². The van der Waals surface area contributed by atoms with Crippen LogP contribution in [0.15, 0.2) is 30.5 Å². The molecule has 0 atom stereocenters. The molecule has 0 saturated carbocycles. The van der Waals surface area contributed by atoms with Gasteiger partial charge in [0.1, 0.15) is 5.82 Å². The molecule has 156 valence electrons. The van der Waals surface area contributed by atoms with E-state index >= 15 is 0 Å². The van der Waals surface area contributed by atoms with Gasteiger partial charge in [-0.05, 0) is 50.5 Å². The molecule has 1 amide bonds. The molecule has 8 heteroatoms. The highest BCUT2D eigenvalue weighted by Crippen LogP contribution is 2.25. The Morgan fingerprint density at radius 1 is 1.17 bits per heavy atom. The topological polar surface area (TPSA) is 73.7 Å². The second-order valence-electron chi connectivity index (χ2n) is 6.93. The lowest BCUT2D eigenvalue weighted by Crippen LogP contribution is -2.41. The van der Waals surface area contributed by atoms with Crippen LogP contribution in [0.1, 0.15) is 43.6 Å². The summed E-state index contributed by atoms with van der Waals surface area (Å²) in [6.45, 7) is 5.49. The number of likely N-dealkylation sites (tertiary alicyclic amines) is 1. The van der Waals surface area contributed by atoms with Crippen molar-refractivity contribution in [3.8, 4) is 11.4 Å². The van der Waals surface area contributed by atoms with Crippen molar-refractivity contribution in [3.63, 3.8) is 0 Å². The van der Waals surface area contributed by atoms with Crippen LogP contribution >= 0.6 is 0 Å². The van der Waals surface area contributed by atoms with Crippen molar-refractivity contribution in [2.24, 2.45) is 5.92 Å². The second kappa shape index (κ2) is 9.54. The van der Waals surface area contributed by atoms with Crippen LogP contribution in [0.3, 0.4) is 0 Å². The second-order valence-corrected chi connectivity index (χ2v) is 6.93. The van der Waals surface area contributed by atoms with Crippen molar-refractivity contribution in [1.29, 1.82) is 0 Å². The van der Waals surface area contributed by atoms with E-state index in [1.807, 2.05) is 6.92 Å². The lowest BCUT2D eigenvalue weighted by atomic mass is 9.97. The molecule has 2 heterocycles. The highest BCUT2D eigenvalue weighted by molar-refractivity contribution is 5.95. The monoisotopic (exact) mass is 403 g/mol. The molecular formula is C21H26FN3O4. The number of rotatable bonds is 7. The van der Waals surface area contributed by atoms with E-state index in [2.05, 4.69) is 5.10 Å². The van der Waals surface area contributed by atoms with Crippen LogP contribution in [0.2, 0.25) is 0 Å². The zero-order chi connectivity index (χ0) is 20.8.